The first-order valence-electron chi connectivity index (χ1n) is 4.42. The van der Waals surface area contributed by atoms with Crippen molar-refractivity contribution in [2.24, 2.45) is 5.73 Å². The maximum atomic E-state index is 13.2. The van der Waals surface area contributed by atoms with Crippen molar-refractivity contribution >= 4 is 5.97 Å². The zero-order valence-corrected chi connectivity index (χ0v) is 8.24. The van der Waals surface area contributed by atoms with Gasteiger partial charge in [-0.2, -0.15) is 0 Å². The largest absolute Gasteiger partial charge is 0.479 e. The number of carbonyl (C=O) groups is 1. The molecule has 0 aliphatic carbocycles. The zero-order chi connectivity index (χ0) is 11.4. The number of rotatable bonds is 4. The van der Waals surface area contributed by atoms with Gasteiger partial charge in [0.05, 0.1) is 0 Å². The summed E-state index contributed by atoms with van der Waals surface area (Å²) in [7, 11) is 0. The molecule has 1 atom stereocenters. The van der Waals surface area contributed by atoms with E-state index in [-0.39, 0.29) is 12.3 Å². The van der Waals surface area contributed by atoms with Gasteiger partial charge in [0.15, 0.2) is 6.10 Å². The van der Waals surface area contributed by atoms with Crippen LogP contribution in [-0.4, -0.2) is 17.2 Å². The highest BCUT2D eigenvalue weighted by atomic mass is 19.1. The van der Waals surface area contributed by atoms with Crippen molar-refractivity contribution in [3.63, 3.8) is 0 Å². The average Bonchev–Trinajstić information content (AvgIpc) is 2.18. The van der Waals surface area contributed by atoms with Gasteiger partial charge in [-0.15, -0.1) is 0 Å². The van der Waals surface area contributed by atoms with Crippen LogP contribution in [0.25, 0.3) is 0 Å². The van der Waals surface area contributed by atoms with Crippen molar-refractivity contribution in [3.05, 3.63) is 29.6 Å². The highest BCUT2D eigenvalue weighted by molar-refractivity contribution is 5.72. The van der Waals surface area contributed by atoms with Crippen molar-refractivity contribution in [1.29, 1.82) is 0 Å². The van der Waals surface area contributed by atoms with E-state index in [9.17, 15) is 9.18 Å². The molecule has 0 spiro atoms. The third kappa shape index (κ3) is 2.92. The van der Waals surface area contributed by atoms with Crippen LogP contribution in [0, 0.1) is 5.82 Å². The lowest BCUT2D eigenvalue weighted by molar-refractivity contribution is -0.144. The minimum absolute atomic E-state index is 0.0978. The van der Waals surface area contributed by atoms with Crippen LogP contribution in [0.2, 0.25) is 0 Å². The lowest BCUT2D eigenvalue weighted by atomic mass is 10.2. The molecule has 0 saturated heterocycles. The molecule has 1 unspecified atom stereocenters. The molecule has 3 N–H and O–H groups in total. The Bertz CT molecular complexity index is 368. The molecular formula is C10H12FNO3. The molecule has 0 amide bonds. The van der Waals surface area contributed by atoms with Crippen molar-refractivity contribution in [2.75, 3.05) is 0 Å². The van der Waals surface area contributed by atoms with Gasteiger partial charge in [-0.25, -0.2) is 9.18 Å². The molecule has 0 fully saturated rings. The lowest BCUT2D eigenvalue weighted by Crippen LogP contribution is -2.22. The predicted octanol–water partition coefficient (Wildman–Crippen LogP) is 1.14. The Kier molecular flexibility index (Phi) is 3.62. The van der Waals surface area contributed by atoms with Crippen LogP contribution in [0.15, 0.2) is 18.2 Å². The molecule has 0 aromatic heterocycles. The van der Waals surface area contributed by atoms with E-state index in [2.05, 4.69) is 0 Å². The Labute approximate surface area is 86.5 Å². The van der Waals surface area contributed by atoms with E-state index in [1.54, 1.807) is 0 Å². The molecule has 4 nitrogen and oxygen atoms in total. The summed E-state index contributed by atoms with van der Waals surface area (Å²) in [5, 5.41) is 8.57. The highest BCUT2D eigenvalue weighted by Gasteiger charge is 2.13. The summed E-state index contributed by atoms with van der Waals surface area (Å²) in [5.74, 6) is -1.41. The number of benzene rings is 1. The fourth-order valence-electron chi connectivity index (χ4n) is 1.02. The molecule has 5 heteroatoms. The van der Waals surface area contributed by atoms with Crippen molar-refractivity contribution in [3.8, 4) is 5.75 Å². The molecule has 0 saturated carbocycles. The molecule has 1 aromatic rings. The molecule has 15 heavy (non-hydrogen) atoms. The topological polar surface area (TPSA) is 72.5 Å². The number of nitrogens with two attached hydrogens (primary N) is 1. The molecule has 0 bridgehead atoms. The standard InChI is InChI=1S/C10H12FNO3/c1-6(10(13)14)15-8-3-2-7(5-12)9(11)4-8/h2-4,6H,5,12H2,1H3,(H,13,14). The SMILES string of the molecule is CC(Oc1ccc(CN)c(F)c1)C(=O)O. The van der Waals surface area contributed by atoms with E-state index in [1.807, 2.05) is 0 Å². The van der Waals surface area contributed by atoms with Crippen LogP contribution >= 0.6 is 0 Å². The van der Waals surface area contributed by atoms with Crippen LogP contribution < -0.4 is 10.5 Å². The summed E-state index contributed by atoms with van der Waals surface area (Å²) < 4.78 is 18.2. The van der Waals surface area contributed by atoms with Gasteiger partial charge in [-0.1, -0.05) is 6.07 Å². The van der Waals surface area contributed by atoms with Gasteiger partial charge in [-0.3, -0.25) is 0 Å². The number of hydrogen-bond donors (Lipinski definition) is 2. The summed E-state index contributed by atoms with van der Waals surface area (Å²) in [4.78, 5) is 10.5. The second kappa shape index (κ2) is 4.75. The first kappa shape index (κ1) is 11.5. The minimum atomic E-state index is -1.10. The predicted molar refractivity (Wildman–Crippen MR) is 52.0 cm³/mol. The first-order chi connectivity index (χ1) is 7.04. The number of carboxylic acid groups (broad SMARTS) is 1. The number of carboxylic acids is 1. The molecule has 1 aromatic carbocycles. The summed E-state index contributed by atoms with van der Waals surface area (Å²) in [6.07, 6.45) is -1.01. The Morgan fingerprint density at radius 1 is 1.67 bits per heavy atom. The Morgan fingerprint density at radius 3 is 2.80 bits per heavy atom. The molecule has 1 rings (SSSR count). The third-order valence-corrected chi connectivity index (χ3v) is 1.91. The second-order valence-electron chi connectivity index (χ2n) is 3.06. The number of halogens is 1. The van der Waals surface area contributed by atoms with Gasteiger partial charge in [0.2, 0.25) is 0 Å². The Hall–Kier alpha value is -1.62. The van der Waals surface area contributed by atoms with Crippen LogP contribution in [0.5, 0.6) is 5.75 Å². The number of hydrogen-bond acceptors (Lipinski definition) is 3. The fraction of sp³-hybridized carbons (Fsp3) is 0.300. The van der Waals surface area contributed by atoms with Gasteiger partial charge >= 0.3 is 5.97 Å². The average molecular weight is 213 g/mol. The highest BCUT2D eigenvalue weighted by Crippen LogP contribution is 2.17. The summed E-state index contributed by atoms with van der Waals surface area (Å²) in [5.41, 5.74) is 5.64. The van der Waals surface area contributed by atoms with Gasteiger partial charge in [0.25, 0.3) is 0 Å². The van der Waals surface area contributed by atoms with Gasteiger partial charge in [0.1, 0.15) is 11.6 Å². The van der Waals surface area contributed by atoms with Gasteiger partial charge < -0.3 is 15.6 Å². The molecule has 0 radical (unpaired) electrons. The maximum absolute atomic E-state index is 13.2. The molecular weight excluding hydrogens is 201 g/mol. The Morgan fingerprint density at radius 2 is 2.33 bits per heavy atom. The fourth-order valence-corrected chi connectivity index (χ4v) is 1.02. The smallest absolute Gasteiger partial charge is 0.344 e. The van der Waals surface area contributed by atoms with Crippen molar-refractivity contribution in [1.82, 2.24) is 0 Å². The number of ether oxygens (including phenoxy) is 1. The number of aliphatic carboxylic acids is 1. The summed E-state index contributed by atoms with van der Waals surface area (Å²) in [6, 6.07) is 4.09. The van der Waals surface area contributed by atoms with E-state index >= 15 is 0 Å². The van der Waals surface area contributed by atoms with E-state index in [0.717, 1.165) is 6.07 Å². The van der Waals surface area contributed by atoms with Crippen LogP contribution in [0.3, 0.4) is 0 Å². The van der Waals surface area contributed by atoms with Crippen LogP contribution in [0.4, 0.5) is 4.39 Å². The molecule has 0 aliphatic heterocycles. The normalized spacial score (nSPS) is 12.2. The quantitative estimate of drug-likeness (QED) is 0.786. The zero-order valence-electron chi connectivity index (χ0n) is 8.24. The van der Waals surface area contributed by atoms with Gasteiger partial charge in [-0.05, 0) is 13.0 Å². The second-order valence-corrected chi connectivity index (χ2v) is 3.06. The first-order valence-corrected chi connectivity index (χ1v) is 4.42. The minimum Gasteiger partial charge on any atom is -0.479 e. The van der Waals surface area contributed by atoms with E-state index in [4.69, 9.17) is 15.6 Å². The molecule has 0 heterocycles. The molecule has 0 aliphatic rings. The van der Waals surface area contributed by atoms with Crippen molar-refractivity contribution < 1.29 is 19.0 Å². The summed E-state index contributed by atoms with van der Waals surface area (Å²) >= 11 is 0. The van der Waals surface area contributed by atoms with Crippen LogP contribution in [-0.2, 0) is 11.3 Å². The molecule has 82 valence electrons. The maximum Gasteiger partial charge on any atom is 0.344 e. The third-order valence-electron chi connectivity index (χ3n) is 1.91. The van der Waals surface area contributed by atoms with E-state index < -0.39 is 17.9 Å². The van der Waals surface area contributed by atoms with Crippen molar-refractivity contribution in [2.45, 2.75) is 19.6 Å². The van der Waals surface area contributed by atoms with E-state index in [0.29, 0.717) is 5.56 Å². The van der Waals surface area contributed by atoms with Crippen LogP contribution in [0.1, 0.15) is 12.5 Å². The lowest BCUT2D eigenvalue weighted by Gasteiger charge is -2.10. The van der Waals surface area contributed by atoms with E-state index in [1.165, 1.54) is 19.1 Å². The Balaban J connectivity index is 2.79. The monoisotopic (exact) mass is 213 g/mol. The summed E-state index contributed by atoms with van der Waals surface area (Å²) in [6.45, 7) is 1.47. The van der Waals surface area contributed by atoms with Gasteiger partial charge in [0, 0.05) is 18.2 Å².